The van der Waals surface area contributed by atoms with Gasteiger partial charge in [-0.3, -0.25) is 0 Å². The Morgan fingerprint density at radius 3 is 1.71 bits per heavy atom. The largest absolute Gasteiger partial charge is 0.491 e. The van der Waals surface area contributed by atoms with Gasteiger partial charge in [0, 0.05) is 16.7 Å². The Bertz CT molecular complexity index is 1230. The van der Waals surface area contributed by atoms with Crippen molar-refractivity contribution in [3.8, 4) is 29.4 Å². The molecule has 0 fully saturated rings. The number of hydrogen-bond acceptors (Lipinski definition) is 1. The van der Waals surface area contributed by atoms with E-state index in [1.807, 2.05) is 0 Å². The van der Waals surface area contributed by atoms with Gasteiger partial charge in [0.1, 0.15) is 11.6 Å². The Morgan fingerprint density at radius 2 is 1.18 bits per heavy atom. The number of ether oxygens (including phenoxy) is 1. The Kier molecular flexibility index (Phi) is 8.77. The van der Waals surface area contributed by atoms with Crippen molar-refractivity contribution in [1.29, 1.82) is 0 Å². The summed E-state index contributed by atoms with van der Waals surface area (Å²) in [6.07, 6.45) is 4.79. The lowest BCUT2D eigenvalue weighted by Crippen LogP contribution is -1.95. The lowest BCUT2D eigenvalue weighted by molar-refractivity contribution is 0.359. The minimum Gasteiger partial charge on any atom is -0.491 e. The van der Waals surface area contributed by atoms with Gasteiger partial charge in [0.2, 0.25) is 0 Å². The molecule has 0 unspecified atom stereocenters. The van der Waals surface area contributed by atoms with Crippen molar-refractivity contribution in [2.24, 2.45) is 0 Å². The van der Waals surface area contributed by atoms with Crippen LogP contribution in [0.3, 0.4) is 0 Å². The van der Waals surface area contributed by atoms with E-state index in [1.165, 1.54) is 19.2 Å². The molecule has 0 saturated heterocycles. The van der Waals surface area contributed by atoms with E-state index in [2.05, 4.69) is 35.3 Å². The first kappa shape index (κ1) is 24.9. The van der Waals surface area contributed by atoms with Gasteiger partial charge < -0.3 is 4.74 Å². The van der Waals surface area contributed by atoms with E-state index in [9.17, 15) is 17.6 Å². The summed E-state index contributed by atoms with van der Waals surface area (Å²) in [5, 5.41) is 0. The zero-order valence-electron chi connectivity index (χ0n) is 19.1. The highest BCUT2D eigenvalue weighted by Gasteiger charge is 2.11. The molecule has 0 N–H and O–H groups in total. The number of benzene rings is 3. The summed E-state index contributed by atoms with van der Waals surface area (Å²) in [5.41, 5.74) is 1.68. The van der Waals surface area contributed by atoms with Gasteiger partial charge in [-0.05, 0) is 66.9 Å². The first-order valence-corrected chi connectivity index (χ1v) is 11.1. The summed E-state index contributed by atoms with van der Waals surface area (Å²) >= 11 is 0. The summed E-state index contributed by atoms with van der Waals surface area (Å²) in [7, 11) is 1.19. The third-order valence-corrected chi connectivity index (χ3v) is 5.19. The van der Waals surface area contributed by atoms with Crippen LogP contribution < -0.4 is 4.74 Å². The van der Waals surface area contributed by atoms with Crippen LogP contribution in [0.15, 0.2) is 48.5 Å². The molecular formula is C29H24F4O. The normalized spacial score (nSPS) is 10.2. The van der Waals surface area contributed by atoms with Crippen LogP contribution in [0.2, 0.25) is 0 Å². The first-order chi connectivity index (χ1) is 16.4. The second kappa shape index (κ2) is 12.0. The molecule has 3 rings (SSSR count). The Balaban J connectivity index is 1.71. The maximum absolute atomic E-state index is 14.4. The second-order valence-corrected chi connectivity index (χ2v) is 7.80. The molecular weight excluding hydrogens is 440 g/mol. The summed E-state index contributed by atoms with van der Waals surface area (Å²) < 4.78 is 61.0. The van der Waals surface area contributed by atoms with Gasteiger partial charge in [0.05, 0.1) is 12.7 Å². The van der Waals surface area contributed by atoms with E-state index in [1.54, 1.807) is 24.3 Å². The molecule has 0 aliphatic carbocycles. The molecule has 3 aromatic rings. The van der Waals surface area contributed by atoms with Crippen LogP contribution in [0.25, 0.3) is 0 Å². The van der Waals surface area contributed by atoms with Crippen molar-refractivity contribution in [2.75, 3.05) is 7.11 Å². The number of hydrogen-bond donors (Lipinski definition) is 0. The van der Waals surface area contributed by atoms with Gasteiger partial charge in [0.15, 0.2) is 17.4 Å². The van der Waals surface area contributed by atoms with Crippen LogP contribution >= 0.6 is 0 Å². The molecule has 174 valence electrons. The van der Waals surface area contributed by atoms with Gasteiger partial charge in [-0.1, -0.05) is 49.9 Å². The van der Waals surface area contributed by atoms with Crippen molar-refractivity contribution in [1.82, 2.24) is 0 Å². The van der Waals surface area contributed by atoms with Gasteiger partial charge in [-0.2, -0.15) is 0 Å². The Labute approximate surface area is 197 Å². The number of halogens is 4. The molecule has 0 aliphatic heterocycles. The van der Waals surface area contributed by atoms with E-state index in [0.717, 1.165) is 37.8 Å². The predicted molar refractivity (Wildman–Crippen MR) is 126 cm³/mol. The van der Waals surface area contributed by atoms with Crippen molar-refractivity contribution in [3.63, 3.8) is 0 Å². The van der Waals surface area contributed by atoms with Crippen LogP contribution in [0.5, 0.6) is 5.75 Å². The summed E-state index contributed by atoms with van der Waals surface area (Å²) in [5.74, 6) is 7.38. The smallest absolute Gasteiger partial charge is 0.190 e. The molecule has 34 heavy (non-hydrogen) atoms. The molecule has 1 nitrogen and oxygen atoms in total. The van der Waals surface area contributed by atoms with E-state index in [4.69, 9.17) is 0 Å². The fourth-order valence-electron chi connectivity index (χ4n) is 3.39. The van der Waals surface area contributed by atoms with E-state index < -0.39 is 29.0 Å². The molecule has 0 radical (unpaired) electrons. The van der Waals surface area contributed by atoms with E-state index in [0.29, 0.717) is 23.1 Å². The maximum Gasteiger partial charge on any atom is 0.190 e. The monoisotopic (exact) mass is 464 g/mol. The van der Waals surface area contributed by atoms with Crippen LogP contribution in [0.1, 0.15) is 60.4 Å². The van der Waals surface area contributed by atoms with Gasteiger partial charge >= 0.3 is 0 Å². The SMILES string of the molecule is CCCCCCc1cc(F)c(C#Cc2ccc(C#Cc3cc(F)c(OC)c(F)c3)cc2)c(F)c1. The molecule has 0 atom stereocenters. The Hall–Kier alpha value is -3.70. The molecule has 0 spiro atoms. The summed E-state index contributed by atoms with van der Waals surface area (Å²) in [4.78, 5) is 0. The fourth-order valence-corrected chi connectivity index (χ4v) is 3.39. The second-order valence-electron chi connectivity index (χ2n) is 7.80. The Morgan fingerprint density at radius 1 is 0.647 bits per heavy atom. The average molecular weight is 465 g/mol. The molecule has 3 aromatic carbocycles. The molecule has 0 aromatic heterocycles. The highest BCUT2D eigenvalue weighted by Crippen LogP contribution is 2.22. The van der Waals surface area contributed by atoms with E-state index >= 15 is 0 Å². The van der Waals surface area contributed by atoms with Crippen LogP contribution in [-0.4, -0.2) is 7.11 Å². The number of aryl methyl sites for hydroxylation is 1. The minimum absolute atomic E-state index is 0.166. The lowest BCUT2D eigenvalue weighted by atomic mass is 10.0. The fraction of sp³-hybridized carbons (Fsp3) is 0.241. The van der Waals surface area contributed by atoms with Crippen LogP contribution in [-0.2, 0) is 6.42 Å². The van der Waals surface area contributed by atoms with Crippen molar-refractivity contribution < 1.29 is 22.3 Å². The molecule has 0 amide bonds. The molecule has 0 heterocycles. The third-order valence-electron chi connectivity index (χ3n) is 5.19. The van der Waals surface area contributed by atoms with Gasteiger partial charge in [-0.15, -0.1) is 0 Å². The quantitative estimate of drug-likeness (QED) is 0.213. The summed E-state index contributed by atoms with van der Waals surface area (Å²) in [6.45, 7) is 2.11. The third kappa shape index (κ3) is 6.65. The molecule has 5 heteroatoms. The van der Waals surface area contributed by atoms with E-state index in [-0.39, 0.29) is 11.1 Å². The minimum atomic E-state index is -0.832. The van der Waals surface area contributed by atoms with Crippen molar-refractivity contribution >= 4 is 0 Å². The molecule has 0 bridgehead atoms. The molecule has 0 aliphatic rings. The van der Waals surface area contributed by atoms with Crippen LogP contribution in [0.4, 0.5) is 17.6 Å². The highest BCUT2D eigenvalue weighted by molar-refractivity contribution is 5.49. The zero-order valence-corrected chi connectivity index (χ0v) is 19.1. The number of methoxy groups -OCH3 is 1. The van der Waals surface area contributed by atoms with Gasteiger partial charge in [0.25, 0.3) is 0 Å². The number of rotatable bonds is 6. The standard InChI is InChI=1S/C29H24F4O/c1-3-4-5-6-7-22-16-25(30)24(26(31)17-22)15-14-21-10-8-20(9-11-21)12-13-23-18-27(32)29(34-2)28(33)19-23/h8-11,16-19H,3-7H2,1-2H3. The first-order valence-electron chi connectivity index (χ1n) is 11.1. The average Bonchev–Trinajstić information content (AvgIpc) is 2.80. The highest BCUT2D eigenvalue weighted by atomic mass is 19.1. The molecule has 0 saturated carbocycles. The maximum atomic E-state index is 14.4. The topological polar surface area (TPSA) is 9.23 Å². The predicted octanol–water partition coefficient (Wildman–Crippen LogP) is 7.17. The summed E-state index contributed by atoms with van der Waals surface area (Å²) in [6, 6.07) is 11.5. The van der Waals surface area contributed by atoms with Gasteiger partial charge in [-0.25, -0.2) is 17.6 Å². The van der Waals surface area contributed by atoms with Crippen molar-refractivity contribution in [3.05, 3.63) is 99.6 Å². The van der Waals surface area contributed by atoms with Crippen molar-refractivity contribution in [2.45, 2.75) is 39.0 Å². The zero-order chi connectivity index (χ0) is 24.5. The lowest BCUT2D eigenvalue weighted by Gasteiger charge is -2.04. The number of unbranched alkanes of at least 4 members (excludes halogenated alkanes) is 3. The van der Waals surface area contributed by atoms with Crippen LogP contribution in [0, 0.1) is 47.0 Å².